The van der Waals surface area contributed by atoms with Gasteiger partial charge in [-0.15, -0.1) is 0 Å². The molecule has 0 bridgehead atoms. The van der Waals surface area contributed by atoms with Crippen molar-refractivity contribution in [1.82, 2.24) is 20.1 Å². The van der Waals surface area contributed by atoms with Crippen molar-refractivity contribution in [2.45, 2.75) is 33.4 Å². The first-order valence-electron chi connectivity index (χ1n) is 6.33. The number of benzene rings is 1. The average Bonchev–Trinajstić information content (AvgIpc) is 2.85. The largest absolute Gasteiger partial charge is 0.309 e. The van der Waals surface area contributed by atoms with Crippen LogP contribution in [-0.2, 0) is 6.54 Å². The van der Waals surface area contributed by atoms with Gasteiger partial charge in [-0.1, -0.05) is 30.7 Å². The Balaban J connectivity index is 2.26. The predicted molar refractivity (Wildman–Crippen MR) is 72.4 cm³/mol. The molecule has 4 nitrogen and oxygen atoms in total. The molecule has 0 fully saturated rings. The summed E-state index contributed by atoms with van der Waals surface area (Å²) in [4.78, 5) is 3.99. The molecule has 1 aromatic heterocycles. The van der Waals surface area contributed by atoms with Crippen LogP contribution in [-0.4, -0.2) is 21.3 Å². The Labute approximate surface area is 108 Å². The molecule has 0 aliphatic carbocycles. The lowest BCUT2D eigenvalue weighted by atomic mass is 9.99. The lowest BCUT2D eigenvalue weighted by Crippen LogP contribution is -2.26. The zero-order chi connectivity index (χ0) is 13.0. The molecule has 0 aliphatic rings. The van der Waals surface area contributed by atoms with E-state index in [9.17, 15) is 0 Å². The molecule has 18 heavy (non-hydrogen) atoms. The van der Waals surface area contributed by atoms with Crippen LogP contribution in [0.1, 0.15) is 29.7 Å². The fourth-order valence-electron chi connectivity index (χ4n) is 2.17. The summed E-state index contributed by atoms with van der Waals surface area (Å²) >= 11 is 0. The van der Waals surface area contributed by atoms with Crippen LogP contribution in [0, 0.1) is 13.8 Å². The number of likely N-dealkylation sites (N-methyl/N-ethyl adjacent to an activating group) is 1. The topological polar surface area (TPSA) is 42.7 Å². The van der Waals surface area contributed by atoms with Crippen molar-refractivity contribution in [2.75, 3.05) is 6.54 Å². The molecule has 1 heterocycles. The molecule has 1 atom stereocenters. The Morgan fingerprint density at radius 2 is 2.17 bits per heavy atom. The first kappa shape index (κ1) is 12.8. The van der Waals surface area contributed by atoms with E-state index in [2.05, 4.69) is 54.4 Å². The first-order chi connectivity index (χ1) is 8.70. The van der Waals surface area contributed by atoms with Gasteiger partial charge in [-0.25, -0.2) is 4.98 Å². The summed E-state index contributed by atoms with van der Waals surface area (Å²) in [6, 6.07) is 6.85. The maximum atomic E-state index is 4.18. The molecule has 0 saturated carbocycles. The average molecular weight is 244 g/mol. The van der Waals surface area contributed by atoms with Gasteiger partial charge in [-0.3, -0.25) is 4.68 Å². The van der Waals surface area contributed by atoms with Crippen LogP contribution in [0.4, 0.5) is 0 Å². The van der Waals surface area contributed by atoms with Gasteiger partial charge in [0.05, 0.1) is 12.6 Å². The molecular weight excluding hydrogens is 224 g/mol. The number of hydrogen-bond donors (Lipinski definition) is 1. The molecule has 0 spiro atoms. The molecule has 96 valence electrons. The minimum Gasteiger partial charge on any atom is -0.309 e. The Hall–Kier alpha value is -1.68. The lowest BCUT2D eigenvalue weighted by Gasteiger charge is -2.20. The van der Waals surface area contributed by atoms with Crippen LogP contribution in [0.2, 0.25) is 0 Å². The summed E-state index contributed by atoms with van der Waals surface area (Å²) in [6.07, 6.45) is 3.33. The number of rotatable bonds is 5. The molecule has 0 aliphatic heterocycles. The SMILES string of the molecule is CCNC(Cn1cncn1)c1cc(C)ccc1C. The van der Waals surface area contributed by atoms with Gasteiger partial charge >= 0.3 is 0 Å². The molecule has 0 amide bonds. The zero-order valence-corrected chi connectivity index (χ0v) is 11.2. The number of nitrogens with one attached hydrogen (secondary N) is 1. The Morgan fingerprint density at radius 1 is 1.33 bits per heavy atom. The van der Waals surface area contributed by atoms with Gasteiger partial charge in [0.15, 0.2) is 0 Å². The summed E-state index contributed by atoms with van der Waals surface area (Å²) in [5, 5.41) is 7.70. The Morgan fingerprint density at radius 3 is 2.83 bits per heavy atom. The van der Waals surface area contributed by atoms with Gasteiger partial charge < -0.3 is 5.32 Å². The molecule has 2 aromatic rings. The summed E-state index contributed by atoms with van der Waals surface area (Å²) < 4.78 is 1.87. The van der Waals surface area contributed by atoms with Gasteiger partial charge in [0.2, 0.25) is 0 Å². The fourth-order valence-corrected chi connectivity index (χ4v) is 2.17. The van der Waals surface area contributed by atoms with Crippen molar-refractivity contribution in [3.63, 3.8) is 0 Å². The van der Waals surface area contributed by atoms with E-state index in [-0.39, 0.29) is 6.04 Å². The number of aromatic nitrogens is 3. The maximum absolute atomic E-state index is 4.18. The lowest BCUT2D eigenvalue weighted by molar-refractivity contribution is 0.446. The van der Waals surface area contributed by atoms with Crippen molar-refractivity contribution in [1.29, 1.82) is 0 Å². The van der Waals surface area contributed by atoms with Gasteiger partial charge in [-0.2, -0.15) is 5.10 Å². The minimum atomic E-state index is 0.275. The van der Waals surface area contributed by atoms with E-state index in [1.165, 1.54) is 16.7 Å². The molecule has 1 unspecified atom stereocenters. The molecule has 0 saturated heterocycles. The highest BCUT2D eigenvalue weighted by Crippen LogP contribution is 2.20. The Bertz CT molecular complexity index is 491. The third kappa shape index (κ3) is 2.96. The predicted octanol–water partition coefficient (Wildman–Crippen LogP) is 2.25. The zero-order valence-electron chi connectivity index (χ0n) is 11.2. The summed E-state index contributed by atoms with van der Waals surface area (Å²) in [5.74, 6) is 0. The first-order valence-corrected chi connectivity index (χ1v) is 6.33. The third-order valence-electron chi connectivity index (χ3n) is 3.10. The van der Waals surface area contributed by atoms with Gasteiger partial charge in [0, 0.05) is 0 Å². The molecular formula is C14H20N4. The summed E-state index contributed by atoms with van der Waals surface area (Å²) in [6.45, 7) is 8.15. The normalized spacial score (nSPS) is 12.6. The summed E-state index contributed by atoms with van der Waals surface area (Å²) in [5.41, 5.74) is 3.94. The second-order valence-corrected chi connectivity index (χ2v) is 4.59. The minimum absolute atomic E-state index is 0.275. The van der Waals surface area contributed by atoms with Crippen LogP contribution in [0.3, 0.4) is 0 Å². The van der Waals surface area contributed by atoms with E-state index in [0.29, 0.717) is 0 Å². The third-order valence-corrected chi connectivity index (χ3v) is 3.10. The van der Waals surface area contributed by atoms with Crippen molar-refractivity contribution < 1.29 is 0 Å². The van der Waals surface area contributed by atoms with E-state index in [0.717, 1.165) is 13.1 Å². The quantitative estimate of drug-likeness (QED) is 0.877. The van der Waals surface area contributed by atoms with Crippen LogP contribution < -0.4 is 5.32 Å². The number of aryl methyl sites for hydroxylation is 2. The van der Waals surface area contributed by atoms with Crippen LogP contribution >= 0.6 is 0 Å². The van der Waals surface area contributed by atoms with Gasteiger partial charge in [-0.05, 0) is 31.5 Å². The maximum Gasteiger partial charge on any atom is 0.137 e. The van der Waals surface area contributed by atoms with Crippen molar-refractivity contribution in [3.8, 4) is 0 Å². The second-order valence-electron chi connectivity index (χ2n) is 4.59. The number of hydrogen-bond acceptors (Lipinski definition) is 3. The van der Waals surface area contributed by atoms with E-state index in [4.69, 9.17) is 0 Å². The highest BCUT2D eigenvalue weighted by molar-refractivity contribution is 5.33. The van der Waals surface area contributed by atoms with Crippen molar-refractivity contribution >= 4 is 0 Å². The molecule has 0 radical (unpaired) electrons. The van der Waals surface area contributed by atoms with E-state index in [1.807, 2.05) is 4.68 Å². The van der Waals surface area contributed by atoms with Crippen molar-refractivity contribution in [3.05, 3.63) is 47.5 Å². The molecule has 2 rings (SSSR count). The van der Waals surface area contributed by atoms with E-state index in [1.54, 1.807) is 12.7 Å². The van der Waals surface area contributed by atoms with Crippen LogP contribution in [0.25, 0.3) is 0 Å². The fraction of sp³-hybridized carbons (Fsp3) is 0.429. The number of nitrogens with zero attached hydrogens (tertiary/aromatic N) is 3. The molecule has 1 N–H and O–H groups in total. The standard InChI is InChI=1S/C14H20N4/c1-4-16-14(8-18-10-15-9-17-18)13-7-11(2)5-6-12(13)3/h5-7,9-10,14,16H,4,8H2,1-3H3. The van der Waals surface area contributed by atoms with Gasteiger partial charge in [0.1, 0.15) is 12.7 Å². The smallest absolute Gasteiger partial charge is 0.137 e. The summed E-state index contributed by atoms with van der Waals surface area (Å²) in [7, 11) is 0. The van der Waals surface area contributed by atoms with E-state index >= 15 is 0 Å². The molecule has 1 aromatic carbocycles. The highest BCUT2D eigenvalue weighted by atomic mass is 15.3. The van der Waals surface area contributed by atoms with Crippen LogP contribution in [0.15, 0.2) is 30.9 Å². The van der Waals surface area contributed by atoms with Crippen molar-refractivity contribution in [2.24, 2.45) is 0 Å². The second kappa shape index (κ2) is 5.78. The van der Waals surface area contributed by atoms with Crippen LogP contribution in [0.5, 0.6) is 0 Å². The Kier molecular flexibility index (Phi) is 4.10. The van der Waals surface area contributed by atoms with E-state index < -0.39 is 0 Å². The monoisotopic (exact) mass is 244 g/mol. The highest BCUT2D eigenvalue weighted by Gasteiger charge is 2.13. The molecule has 4 heteroatoms. The van der Waals surface area contributed by atoms with Gasteiger partial charge in [0.25, 0.3) is 0 Å².